The van der Waals surface area contributed by atoms with Crippen LogP contribution in [0.2, 0.25) is 0 Å². The van der Waals surface area contributed by atoms with E-state index >= 15 is 0 Å². The van der Waals surface area contributed by atoms with Crippen LogP contribution in [0.3, 0.4) is 0 Å². The van der Waals surface area contributed by atoms with Gasteiger partial charge in [0, 0.05) is 26.2 Å². The number of aliphatic hydroxyl groups excluding tert-OH is 1. The second-order valence-corrected chi connectivity index (χ2v) is 4.80. The largest absolute Gasteiger partial charge is 0.480 e. The number of carbonyl (C=O) groups excluding carboxylic acids is 1. The van der Waals surface area contributed by atoms with E-state index in [1.54, 1.807) is 11.9 Å². The van der Waals surface area contributed by atoms with Crippen LogP contribution in [0.1, 0.15) is 19.8 Å². The van der Waals surface area contributed by atoms with Crippen LogP contribution in [-0.4, -0.2) is 77.4 Å². The van der Waals surface area contributed by atoms with E-state index in [-0.39, 0.29) is 6.04 Å². The van der Waals surface area contributed by atoms with Gasteiger partial charge in [-0.25, -0.2) is 9.59 Å². The van der Waals surface area contributed by atoms with Crippen molar-refractivity contribution in [3.63, 3.8) is 0 Å². The summed E-state index contributed by atoms with van der Waals surface area (Å²) >= 11 is 0. The smallest absolute Gasteiger partial charge is 0.328 e. The van der Waals surface area contributed by atoms with Crippen molar-refractivity contribution in [2.24, 2.45) is 0 Å². The molecule has 1 heterocycles. The lowest BCUT2D eigenvalue weighted by Crippen LogP contribution is -2.53. The molecule has 0 unspecified atom stereocenters. The highest BCUT2D eigenvalue weighted by Crippen LogP contribution is 2.15. The van der Waals surface area contributed by atoms with Crippen LogP contribution in [0.4, 0.5) is 4.79 Å². The van der Waals surface area contributed by atoms with E-state index in [1.807, 2.05) is 0 Å². The quantitative estimate of drug-likeness (QED) is 0.631. The Balaban J connectivity index is 2.46. The zero-order chi connectivity index (χ0) is 14.4. The van der Waals surface area contributed by atoms with Crippen molar-refractivity contribution >= 4 is 12.0 Å². The summed E-state index contributed by atoms with van der Waals surface area (Å²) in [5.74, 6) is -1.23. The highest BCUT2D eigenvalue weighted by Gasteiger charge is 2.27. The van der Waals surface area contributed by atoms with Gasteiger partial charge in [-0.3, -0.25) is 0 Å². The highest BCUT2D eigenvalue weighted by atomic mass is 16.4. The van der Waals surface area contributed by atoms with Gasteiger partial charge in [0.1, 0.15) is 0 Å². The normalized spacial score (nSPS) is 18.9. The van der Waals surface area contributed by atoms with Crippen LogP contribution in [0.5, 0.6) is 0 Å². The Kier molecular flexibility index (Phi) is 6.04. The first kappa shape index (κ1) is 15.7. The number of likely N-dealkylation sites (tertiary alicyclic amines) is 1. The van der Waals surface area contributed by atoms with E-state index in [4.69, 9.17) is 10.2 Å². The second-order valence-electron chi connectivity index (χ2n) is 4.80. The molecule has 0 bridgehead atoms. The number of hydrogen-bond acceptors (Lipinski definition) is 4. The summed E-state index contributed by atoms with van der Waals surface area (Å²) in [6.07, 6.45) is 1.77. The monoisotopic (exact) mass is 273 g/mol. The van der Waals surface area contributed by atoms with Gasteiger partial charge in [0.05, 0.1) is 6.61 Å². The molecule has 0 saturated carbocycles. The summed E-state index contributed by atoms with van der Waals surface area (Å²) < 4.78 is 0. The van der Waals surface area contributed by atoms with Crippen molar-refractivity contribution < 1.29 is 19.8 Å². The fourth-order valence-corrected chi connectivity index (χ4v) is 2.23. The van der Waals surface area contributed by atoms with Crippen molar-refractivity contribution in [2.75, 3.05) is 33.3 Å². The van der Waals surface area contributed by atoms with E-state index in [0.29, 0.717) is 0 Å². The summed E-state index contributed by atoms with van der Waals surface area (Å²) in [6, 6.07) is -1.57. The Morgan fingerprint density at radius 3 is 2.42 bits per heavy atom. The molecule has 3 N–H and O–H groups in total. The van der Waals surface area contributed by atoms with Crippen LogP contribution in [0, 0.1) is 0 Å². The zero-order valence-corrected chi connectivity index (χ0v) is 11.5. The number of carbonyl (C=O) groups is 2. The Labute approximate surface area is 113 Å². The molecule has 7 heteroatoms. The van der Waals surface area contributed by atoms with Crippen molar-refractivity contribution in [3.05, 3.63) is 0 Å². The number of urea groups is 1. The number of aliphatic hydroxyl groups is 1. The minimum atomic E-state index is -1.24. The van der Waals surface area contributed by atoms with Gasteiger partial charge < -0.3 is 25.3 Å². The molecule has 0 spiro atoms. The summed E-state index contributed by atoms with van der Waals surface area (Å²) in [5.41, 5.74) is 0. The van der Waals surface area contributed by atoms with E-state index in [9.17, 15) is 9.59 Å². The SMILES string of the molecule is CCN1CCC(N(C)C(=O)N[C@H](CO)C(=O)O)CC1. The van der Waals surface area contributed by atoms with Crippen LogP contribution in [-0.2, 0) is 4.79 Å². The fraction of sp³-hybridized carbons (Fsp3) is 0.833. The van der Waals surface area contributed by atoms with Gasteiger partial charge in [-0.15, -0.1) is 0 Å². The highest BCUT2D eigenvalue weighted by molar-refractivity contribution is 5.82. The molecule has 7 nitrogen and oxygen atoms in total. The minimum Gasteiger partial charge on any atom is -0.480 e. The predicted molar refractivity (Wildman–Crippen MR) is 69.9 cm³/mol. The molecule has 0 aromatic heterocycles. The van der Waals surface area contributed by atoms with E-state index in [2.05, 4.69) is 17.1 Å². The third-order valence-corrected chi connectivity index (χ3v) is 3.65. The molecule has 19 heavy (non-hydrogen) atoms. The molecule has 0 radical (unpaired) electrons. The number of aliphatic carboxylic acids is 1. The number of piperidine rings is 1. The number of carboxylic acid groups (broad SMARTS) is 1. The number of nitrogens with one attached hydrogen (secondary N) is 1. The predicted octanol–water partition coefficient (Wildman–Crippen LogP) is -0.442. The van der Waals surface area contributed by atoms with Gasteiger partial charge in [0.25, 0.3) is 0 Å². The van der Waals surface area contributed by atoms with Crippen LogP contribution >= 0.6 is 0 Å². The van der Waals surface area contributed by atoms with Gasteiger partial charge >= 0.3 is 12.0 Å². The standard InChI is InChI=1S/C12H23N3O4/c1-3-15-6-4-9(5-7-15)14(2)12(19)13-10(8-16)11(17)18/h9-10,16H,3-8H2,1-2H3,(H,13,19)(H,17,18)/t10-/m1/s1. The summed E-state index contributed by atoms with van der Waals surface area (Å²) in [4.78, 5) is 26.5. The number of nitrogens with zero attached hydrogens (tertiary/aromatic N) is 2. The maximum atomic E-state index is 11.9. The molecule has 2 amide bonds. The molecule has 0 aromatic rings. The first-order chi connectivity index (χ1) is 8.99. The van der Waals surface area contributed by atoms with Gasteiger partial charge in [0.15, 0.2) is 6.04 Å². The van der Waals surface area contributed by atoms with Crippen LogP contribution in [0.25, 0.3) is 0 Å². The third-order valence-electron chi connectivity index (χ3n) is 3.65. The van der Waals surface area contributed by atoms with Gasteiger partial charge in [0.2, 0.25) is 0 Å². The summed E-state index contributed by atoms with van der Waals surface area (Å²) in [6.45, 7) is 4.40. The molecule has 1 aliphatic heterocycles. The molecule has 1 atom stereocenters. The maximum absolute atomic E-state index is 11.9. The molecule has 0 aromatic carbocycles. The Hall–Kier alpha value is -1.34. The lowest BCUT2D eigenvalue weighted by Gasteiger charge is -2.36. The average Bonchev–Trinajstić information content (AvgIpc) is 2.43. The number of rotatable bonds is 5. The molecular formula is C12H23N3O4. The molecular weight excluding hydrogens is 250 g/mol. The van der Waals surface area contributed by atoms with Gasteiger partial charge in [-0.1, -0.05) is 6.92 Å². The number of amides is 2. The molecule has 1 saturated heterocycles. The minimum absolute atomic E-state index is 0.121. The summed E-state index contributed by atoms with van der Waals surface area (Å²) in [5, 5.41) is 20.0. The average molecular weight is 273 g/mol. The molecule has 110 valence electrons. The molecule has 1 aliphatic rings. The van der Waals surface area contributed by atoms with E-state index in [0.717, 1.165) is 32.5 Å². The summed E-state index contributed by atoms with van der Waals surface area (Å²) in [7, 11) is 1.66. The van der Waals surface area contributed by atoms with Crippen molar-refractivity contribution in [2.45, 2.75) is 31.8 Å². The van der Waals surface area contributed by atoms with Gasteiger partial charge in [-0.05, 0) is 19.4 Å². The Bertz CT molecular complexity index is 316. The molecule has 1 rings (SSSR count). The first-order valence-corrected chi connectivity index (χ1v) is 6.58. The van der Waals surface area contributed by atoms with Crippen molar-refractivity contribution in [3.8, 4) is 0 Å². The third kappa shape index (κ3) is 4.36. The second kappa shape index (κ2) is 7.30. The lowest BCUT2D eigenvalue weighted by molar-refractivity contribution is -0.140. The zero-order valence-electron chi connectivity index (χ0n) is 11.5. The molecule has 0 aliphatic carbocycles. The van der Waals surface area contributed by atoms with Crippen LogP contribution < -0.4 is 5.32 Å². The topological polar surface area (TPSA) is 93.1 Å². The van der Waals surface area contributed by atoms with Gasteiger partial charge in [-0.2, -0.15) is 0 Å². The fourth-order valence-electron chi connectivity index (χ4n) is 2.23. The Morgan fingerprint density at radius 1 is 1.42 bits per heavy atom. The number of carboxylic acids is 1. The first-order valence-electron chi connectivity index (χ1n) is 6.58. The van der Waals surface area contributed by atoms with Crippen molar-refractivity contribution in [1.82, 2.24) is 15.1 Å². The Morgan fingerprint density at radius 2 is 2.00 bits per heavy atom. The molecule has 1 fully saturated rings. The lowest BCUT2D eigenvalue weighted by atomic mass is 10.0. The van der Waals surface area contributed by atoms with E-state index < -0.39 is 24.6 Å². The number of hydrogen-bond donors (Lipinski definition) is 3. The van der Waals surface area contributed by atoms with Crippen molar-refractivity contribution in [1.29, 1.82) is 0 Å². The van der Waals surface area contributed by atoms with E-state index in [1.165, 1.54) is 0 Å². The maximum Gasteiger partial charge on any atom is 0.328 e. The van der Waals surface area contributed by atoms with Crippen LogP contribution in [0.15, 0.2) is 0 Å².